The molecule has 10 atom stereocenters. The highest BCUT2D eigenvalue weighted by molar-refractivity contribution is 8.00. The van der Waals surface area contributed by atoms with Crippen LogP contribution < -0.4 is 4.74 Å². The van der Waals surface area contributed by atoms with Gasteiger partial charge in [0, 0.05) is 12.1 Å². The molecule has 0 spiro atoms. The van der Waals surface area contributed by atoms with Crippen molar-refractivity contribution < 1.29 is 85.9 Å². The summed E-state index contributed by atoms with van der Waals surface area (Å²) in [6.07, 6.45) is -13.5. The molecule has 20 nitrogen and oxygen atoms in total. The van der Waals surface area contributed by atoms with E-state index in [1.54, 1.807) is 138 Å². The van der Waals surface area contributed by atoms with Gasteiger partial charge in [0.2, 0.25) is 12.4 Å². The van der Waals surface area contributed by atoms with E-state index in [9.17, 15) is 43.7 Å². The maximum absolute atomic E-state index is 14.4. The zero-order chi connectivity index (χ0) is 58.9. The molecule has 0 amide bonds. The monoisotopic (exact) mass is 1130 g/mol. The molecule has 21 heteroatoms. The van der Waals surface area contributed by atoms with Crippen molar-refractivity contribution in [2.45, 2.75) is 143 Å². The van der Waals surface area contributed by atoms with E-state index >= 15 is 0 Å². The molecule has 2 aliphatic rings. The van der Waals surface area contributed by atoms with Crippen molar-refractivity contribution in [2.75, 3.05) is 13.2 Å². The molecular formula is C59H69NO19S. The fourth-order valence-electron chi connectivity index (χ4n) is 7.60. The first-order chi connectivity index (χ1) is 37.4. The van der Waals surface area contributed by atoms with Gasteiger partial charge in [-0.1, -0.05) is 54.6 Å². The van der Waals surface area contributed by atoms with E-state index in [4.69, 9.17) is 47.4 Å². The number of benzene rings is 4. The van der Waals surface area contributed by atoms with Crippen molar-refractivity contribution in [2.24, 2.45) is 21.7 Å². The molecule has 0 aliphatic carbocycles. The SMILES string of the molecule is CC(C)(C)C(=O)OC[C@H]1S[C@@H](OC[C@H]2O[C@H](Oc3ccc([N+](=O)[O-])cc3)[C@H](OC(=O)c3ccccc3)[C@@H](OC(=O)c3ccccc3)[C@@H]2OC(=O)c2ccccc2)[C@H](OC(=O)C(C)(C)C)[C@@H](OC(=O)C(C)(C)C)[C@@H]1OC(=O)C(C)(C)C. The molecule has 4 aromatic rings. The quantitative estimate of drug-likeness (QED) is 0.0413. The fraction of sp³-hybridized carbons (Fsp3) is 0.475. The second kappa shape index (κ2) is 25.8. The maximum atomic E-state index is 14.4. The largest absolute Gasteiger partial charge is 0.464 e. The van der Waals surface area contributed by atoms with Crippen LogP contribution in [0.2, 0.25) is 0 Å². The van der Waals surface area contributed by atoms with Gasteiger partial charge in [-0.15, -0.1) is 11.8 Å². The summed E-state index contributed by atoms with van der Waals surface area (Å²) < 4.78 is 63.1. The van der Waals surface area contributed by atoms with Gasteiger partial charge in [0.25, 0.3) is 5.69 Å². The fourth-order valence-corrected chi connectivity index (χ4v) is 8.98. The van der Waals surface area contributed by atoms with Gasteiger partial charge in [-0.2, -0.15) is 0 Å². The van der Waals surface area contributed by atoms with Crippen LogP contribution >= 0.6 is 11.8 Å². The number of carbonyl (C=O) groups excluding carboxylic acids is 7. The second-order valence-corrected chi connectivity index (χ2v) is 24.5. The van der Waals surface area contributed by atoms with Crippen molar-refractivity contribution >= 4 is 59.2 Å². The van der Waals surface area contributed by atoms with E-state index in [2.05, 4.69) is 0 Å². The Morgan fingerprint density at radius 1 is 0.475 bits per heavy atom. The lowest BCUT2D eigenvalue weighted by Crippen LogP contribution is -2.64. The van der Waals surface area contributed by atoms with Crippen molar-refractivity contribution in [3.05, 3.63) is 142 Å². The van der Waals surface area contributed by atoms with E-state index in [1.807, 2.05) is 0 Å². The molecule has 80 heavy (non-hydrogen) atoms. The molecule has 0 aromatic heterocycles. The average Bonchev–Trinajstić information content (AvgIpc) is 3.39. The Morgan fingerprint density at radius 3 is 1.29 bits per heavy atom. The number of hydrogen-bond donors (Lipinski definition) is 0. The molecule has 2 saturated heterocycles. The van der Waals surface area contributed by atoms with E-state index in [0.29, 0.717) is 0 Å². The minimum absolute atomic E-state index is 0.0405. The number of esters is 7. The summed E-state index contributed by atoms with van der Waals surface area (Å²) in [5.41, 5.74) is -6.06. The Labute approximate surface area is 468 Å². The lowest BCUT2D eigenvalue weighted by Gasteiger charge is -2.47. The molecule has 4 aromatic carbocycles. The number of ether oxygens (including phenoxy) is 10. The third-order valence-corrected chi connectivity index (χ3v) is 13.6. The van der Waals surface area contributed by atoms with Crippen LogP contribution in [0, 0.1) is 31.8 Å². The first kappa shape index (κ1) is 61.8. The van der Waals surface area contributed by atoms with Gasteiger partial charge < -0.3 is 47.4 Å². The highest BCUT2D eigenvalue weighted by Gasteiger charge is 2.57. The molecule has 0 N–H and O–H groups in total. The molecule has 2 fully saturated rings. The number of nitro benzene ring substituents is 1. The minimum Gasteiger partial charge on any atom is -0.464 e. The Hall–Kier alpha value is -7.36. The third kappa shape index (κ3) is 16.4. The van der Waals surface area contributed by atoms with Crippen LogP contribution in [0.3, 0.4) is 0 Å². The van der Waals surface area contributed by atoms with Crippen LogP contribution in [0.4, 0.5) is 5.69 Å². The third-order valence-electron chi connectivity index (χ3n) is 12.2. The Kier molecular flexibility index (Phi) is 20.0. The average molecular weight is 1130 g/mol. The van der Waals surface area contributed by atoms with Crippen LogP contribution in [0.15, 0.2) is 115 Å². The molecule has 2 heterocycles. The standard InChI is InChI=1S/C59H69NO19S/c1-56(2,3)52(64)71-33-40-42(77-53(65)57(4,5)6)44(78-54(66)58(7,8)9)46(79-55(67)59(10,11)12)51(80-40)70-32-39-41(74-47(61)34-22-16-13-17-23-34)43(75-48(62)35-24-18-14-19-25-35)45(76-49(63)36-26-20-15-21-27-36)50(73-39)72-38-30-28-37(29-31-38)60(68)69/h13-31,39-46,50-51H,32-33H2,1-12H3/t39-,40-,41-,42-,43+,44+,45-,46-,50+,51-/m1/s1. The number of nitro groups is 1. The molecule has 6 rings (SSSR count). The van der Waals surface area contributed by atoms with Crippen molar-refractivity contribution in [3.63, 3.8) is 0 Å². The van der Waals surface area contributed by atoms with E-state index in [1.165, 1.54) is 48.5 Å². The van der Waals surface area contributed by atoms with Gasteiger partial charge in [-0.25, -0.2) is 14.4 Å². The van der Waals surface area contributed by atoms with Crippen molar-refractivity contribution in [3.8, 4) is 5.75 Å². The summed E-state index contributed by atoms with van der Waals surface area (Å²) in [4.78, 5) is 110. The first-order valence-electron chi connectivity index (χ1n) is 25.8. The van der Waals surface area contributed by atoms with E-state index in [-0.39, 0.29) is 28.1 Å². The molecular weight excluding hydrogens is 1060 g/mol. The van der Waals surface area contributed by atoms with Crippen LogP contribution in [-0.2, 0) is 61.8 Å². The van der Waals surface area contributed by atoms with E-state index in [0.717, 1.165) is 23.9 Å². The Bertz CT molecular complexity index is 2820. The molecule has 430 valence electrons. The zero-order valence-corrected chi connectivity index (χ0v) is 47.6. The summed E-state index contributed by atoms with van der Waals surface area (Å²) >= 11 is 0.917. The zero-order valence-electron chi connectivity index (χ0n) is 46.8. The van der Waals surface area contributed by atoms with Gasteiger partial charge in [-0.05, 0) is 132 Å². The molecule has 0 saturated carbocycles. The van der Waals surface area contributed by atoms with Gasteiger partial charge in [0.05, 0.1) is 55.1 Å². The number of nitrogens with zero attached hydrogens (tertiary/aromatic N) is 1. The number of hydrogen-bond acceptors (Lipinski definition) is 20. The summed E-state index contributed by atoms with van der Waals surface area (Å²) in [6.45, 7) is 18.2. The molecule has 0 bridgehead atoms. The first-order valence-corrected chi connectivity index (χ1v) is 26.8. The van der Waals surface area contributed by atoms with Gasteiger partial charge in [0.15, 0.2) is 30.5 Å². The number of thioether (sulfide) groups is 1. The lowest BCUT2D eigenvalue weighted by molar-refractivity contribution is -0.384. The maximum Gasteiger partial charge on any atom is 0.338 e. The highest BCUT2D eigenvalue weighted by Crippen LogP contribution is 2.42. The Balaban J connectivity index is 1.53. The highest BCUT2D eigenvalue weighted by atomic mass is 32.2. The lowest BCUT2D eigenvalue weighted by atomic mass is 9.94. The van der Waals surface area contributed by atoms with Crippen LogP contribution in [-0.4, -0.2) is 120 Å². The second-order valence-electron chi connectivity index (χ2n) is 23.2. The topological polar surface area (TPSA) is 255 Å². The minimum atomic E-state index is -1.81. The van der Waals surface area contributed by atoms with E-state index < -0.39 is 141 Å². The summed E-state index contributed by atoms with van der Waals surface area (Å²) in [5.74, 6) is -5.84. The summed E-state index contributed by atoms with van der Waals surface area (Å²) in [7, 11) is 0. The predicted octanol–water partition coefficient (Wildman–Crippen LogP) is 9.30. The normalized spacial score (nSPS) is 23.2. The molecule has 0 unspecified atom stereocenters. The summed E-state index contributed by atoms with van der Waals surface area (Å²) in [6, 6.07) is 28.2. The van der Waals surface area contributed by atoms with Crippen LogP contribution in [0.5, 0.6) is 5.75 Å². The van der Waals surface area contributed by atoms with Crippen LogP contribution in [0.1, 0.15) is 114 Å². The molecule has 2 aliphatic heterocycles. The predicted molar refractivity (Wildman–Crippen MR) is 289 cm³/mol. The number of non-ortho nitro benzene ring substituents is 1. The summed E-state index contributed by atoms with van der Waals surface area (Å²) in [5, 5.41) is 10.6. The van der Waals surface area contributed by atoms with Gasteiger partial charge in [0.1, 0.15) is 23.9 Å². The van der Waals surface area contributed by atoms with Crippen molar-refractivity contribution in [1.82, 2.24) is 0 Å². The molecule has 0 radical (unpaired) electrons. The number of carbonyl (C=O) groups is 7. The van der Waals surface area contributed by atoms with Crippen LogP contribution in [0.25, 0.3) is 0 Å². The number of rotatable bonds is 17. The van der Waals surface area contributed by atoms with Crippen molar-refractivity contribution in [1.29, 1.82) is 0 Å². The van der Waals surface area contributed by atoms with Gasteiger partial charge in [-0.3, -0.25) is 29.3 Å². The smallest absolute Gasteiger partial charge is 0.338 e. The van der Waals surface area contributed by atoms with Gasteiger partial charge >= 0.3 is 41.8 Å². The Morgan fingerprint density at radius 2 is 0.863 bits per heavy atom.